The predicted molar refractivity (Wildman–Crippen MR) is 93.4 cm³/mol. The van der Waals surface area contributed by atoms with Gasteiger partial charge >= 0.3 is 12.0 Å². The first-order chi connectivity index (χ1) is 12.9. The maximum absolute atomic E-state index is 13.8. The molecule has 2 aromatic rings. The molecule has 0 radical (unpaired) electrons. The van der Waals surface area contributed by atoms with Gasteiger partial charge in [-0.3, -0.25) is 4.79 Å². The SMILES string of the molecule is CCOC(=O)CCN(Cc1ccccc1)C(=O)Nc1ccc(F)c(F)c1F. The number of amides is 2. The standard InChI is InChI=1S/C19H19F3N2O3/c1-2-27-16(25)10-11-24(12-13-6-4-3-5-7-13)19(26)23-15-9-8-14(20)17(21)18(15)22/h3-9H,2,10-12H2,1H3,(H,23,26). The average Bonchev–Trinajstić information content (AvgIpc) is 2.66. The van der Waals surface area contributed by atoms with Crippen molar-refractivity contribution in [3.05, 3.63) is 65.5 Å². The molecule has 27 heavy (non-hydrogen) atoms. The Bertz CT molecular complexity index is 800. The maximum Gasteiger partial charge on any atom is 0.322 e. The molecule has 0 bridgehead atoms. The van der Waals surface area contributed by atoms with Gasteiger partial charge in [-0.05, 0) is 24.6 Å². The van der Waals surface area contributed by atoms with Gasteiger partial charge in [-0.2, -0.15) is 0 Å². The lowest BCUT2D eigenvalue weighted by Gasteiger charge is -2.23. The zero-order chi connectivity index (χ0) is 19.8. The van der Waals surface area contributed by atoms with E-state index in [1.54, 1.807) is 31.2 Å². The summed E-state index contributed by atoms with van der Waals surface area (Å²) in [7, 11) is 0. The molecule has 0 aromatic heterocycles. The van der Waals surface area contributed by atoms with Crippen LogP contribution in [-0.2, 0) is 16.1 Å². The van der Waals surface area contributed by atoms with Gasteiger partial charge in [0.25, 0.3) is 0 Å². The second-order valence-electron chi connectivity index (χ2n) is 5.62. The van der Waals surface area contributed by atoms with Gasteiger partial charge in [0.05, 0.1) is 18.7 Å². The van der Waals surface area contributed by atoms with Crippen molar-refractivity contribution >= 4 is 17.7 Å². The highest BCUT2D eigenvalue weighted by atomic mass is 19.2. The lowest BCUT2D eigenvalue weighted by Crippen LogP contribution is -2.36. The molecule has 0 aliphatic rings. The topological polar surface area (TPSA) is 58.6 Å². The minimum absolute atomic E-state index is 0.00482. The lowest BCUT2D eigenvalue weighted by molar-refractivity contribution is -0.143. The summed E-state index contributed by atoms with van der Waals surface area (Å²) < 4.78 is 45.0. The molecule has 2 aromatic carbocycles. The zero-order valence-electron chi connectivity index (χ0n) is 14.7. The number of esters is 1. The van der Waals surface area contributed by atoms with Crippen LogP contribution in [0.4, 0.5) is 23.7 Å². The number of hydrogen-bond donors (Lipinski definition) is 1. The van der Waals surface area contributed by atoms with E-state index < -0.39 is 35.1 Å². The molecule has 0 atom stereocenters. The highest BCUT2D eigenvalue weighted by molar-refractivity contribution is 5.89. The first-order valence-electron chi connectivity index (χ1n) is 8.31. The molecule has 0 saturated heterocycles. The molecule has 0 heterocycles. The van der Waals surface area contributed by atoms with Crippen LogP contribution in [0.25, 0.3) is 0 Å². The fourth-order valence-corrected chi connectivity index (χ4v) is 2.33. The average molecular weight is 380 g/mol. The number of anilines is 1. The molecular weight excluding hydrogens is 361 g/mol. The van der Waals surface area contributed by atoms with Crippen molar-refractivity contribution < 1.29 is 27.5 Å². The van der Waals surface area contributed by atoms with Crippen LogP contribution in [0.5, 0.6) is 0 Å². The molecule has 144 valence electrons. The summed E-state index contributed by atoms with van der Waals surface area (Å²) in [4.78, 5) is 25.4. The van der Waals surface area contributed by atoms with E-state index in [-0.39, 0.29) is 26.1 Å². The van der Waals surface area contributed by atoms with E-state index in [1.165, 1.54) is 4.90 Å². The number of nitrogens with one attached hydrogen (secondary N) is 1. The molecular formula is C19H19F3N2O3. The van der Waals surface area contributed by atoms with Gasteiger partial charge in [-0.25, -0.2) is 18.0 Å². The van der Waals surface area contributed by atoms with Crippen LogP contribution >= 0.6 is 0 Å². The Morgan fingerprint density at radius 1 is 1.04 bits per heavy atom. The molecule has 5 nitrogen and oxygen atoms in total. The third kappa shape index (κ3) is 5.73. The number of benzene rings is 2. The fourth-order valence-electron chi connectivity index (χ4n) is 2.33. The Morgan fingerprint density at radius 2 is 1.74 bits per heavy atom. The quantitative estimate of drug-likeness (QED) is 0.581. The van der Waals surface area contributed by atoms with Crippen molar-refractivity contribution in [3.63, 3.8) is 0 Å². The highest BCUT2D eigenvalue weighted by Gasteiger charge is 2.20. The van der Waals surface area contributed by atoms with Gasteiger partial charge in [0.15, 0.2) is 17.5 Å². The van der Waals surface area contributed by atoms with E-state index in [0.717, 1.165) is 11.6 Å². The summed E-state index contributed by atoms with van der Waals surface area (Å²) in [5.41, 5.74) is 0.287. The Morgan fingerprint density at radius 3 is 2.41 bits per heavy atom. The first kappa shape index (κ1) is 20.3. The van der Waals surface area contributed by atoms with Crippen molar-refractivity contribution in [2.45, 2.75) is 19.9 Å². The van der Waals surface area contributed by atoms with Gasteiger partial charge in [-0.15, -0.1) is 0 Å². The molecule has 0 spiro atoms. The predicted octanol–water partition coefficient (Wildman–Crippen LogP) is 4.09. The molecule has 0 aliphatic heterocycles. The minimum atomic E-state index is -1.67. The molecule has 2 amide bonds. The van der Waals surface area contributed by atoms with E-state index in [1.807, 2.05) is 6.07 Å². The van der Waals surface area contributed by atoms with Crippen LogP contribution in [0.2, 0.25) is 0 Å². The number of ether oxygens (including phenoxy) is 1. The van der Waals surface area contributed by atoms with Gasteiger partial charge in [0, 0.05) is 13.1 Å². The number of nitrogens with zero attached hydrogens (tertiary/aromatic N) is 1. The largest absolute Gasteiger partial charge is 0.466 e. The molecule has 8 heteroatoms. The maximum atomic E-state index is 13.8. The van der Waals surface area contributed by atoms with Crippen molar-refractivity contribution in [3.8, 4) is 0 Å². The van der Waals surface area contributed by atoms with E-state index in [0.29, 0.717) is 6.07 Å². The van der Waals surface area contributed by atoms with Gasteiger partial charge in [0.1, 0.15) is 0 Å². The smallest absolute Gasteiger partial charge is 0.322 e. The van der Waals surface area contributed by atoms with Crippen molar-refractivity contribution in [2.75, 3.05) is 18.5 Å². The Balaban J connectivity index is 2.14. The van der Waals surface area contributed by atoms with Crippen LogP contribution in [0.1, 0.15) is 18.9 Å². The second kappa shape index (κ2) is 9.61. The van der Waals surface area contributed by atoms with Crippen LogP contribution in [0.3, 0.4) is 0 Å². The molecule has 0 saturated carbocycles. The van der Waals surface area contributed by atoms with Gasteiger partial charge in [0.2, 0.25) is 0 Å². The molecule has 1 N–H and O–H groups in total. The fraction of sp³-hybridized carbons (Fsp3) is 0.263. The number of urea groups is 1. The van der Waals surface area contributed by atoms with Crippen LogP contribution < -0.4 is 5.32 Å². The number of carbonyl (C=O) groups excluding carboxylic acids is 2. The molecule has 0 fully saturated rings. The Hall–Kier alpha value is -3.03. The minimum Gasteiger partial charge on any atom is -0.466 e. The summed E-state index contributed by atoms with van der Waals surface area (Å²) in [5.74, 6) is -5.00. The molecule has 0 aliphatic carbocycles. The van der Waals surface area contributed by atoms with Gasteiger partial charge in [-0.1, -0.05) is 30.3 Å². The normalized spacial score (nSPS) is 10.4. The first-order valence-corrected chi connectivity index (χ1v) is 8.31. The van der Waals surface area contributed by atoms with Crippen LogP contribution in [0, 0.1) is 17.5 Å². The number of rotatable bonds is 7. The van der Waals surface area contributed by atoms with Crippen molar-refractivity contribution in [1.29, 1.82) is 0 Å². The lowest BCUT2D eigenvalue weighted by atomic mass is 10.2. The summed E-state index contributed by atoms with van der Waals surface area (Å²) in [6, 6.07) is 9.83. The summed E-state index contributed by atoms with van der Waals surface area (Å²) >= 11 is 0. The van der Waals surface area contributed by atoms with E-state index in [4.69, 9.17) is 4.74 Å². The van der Waals surface area contributed by atoms with Crippen LogP contribution in [-0.4, -0.2) is 30.1 Å². The number of carbonyl (C=O) groups is 2. The highest BCUT2D eigenvalue weighted by Crippen LogP contribution is 2.20. The van der Waals surface area contributed by atoms with Crippen molar-refractivity contribution in [2.24, 2.45) is 0 Å². The van der Waals surface area contributed by atoms with E-state index in [9.17, 15) is 22.8 Å². The summed E-state index contributed by atoms with van der Waals surface area (Å²) in [5, 5.41) is 2.21. The molecule has 2 rings (SSSR count). The monoisotopic (exact) mass is 380 g/mol. The number of hydrogen-bond acceptors (Lipinski definition) is 3. The Kier molecular flexibility index (Phi) is 7.22. The zero-order valence-corrected chi connectivity index (χ0v) is 14.7. The summed E-state index contributed by atoms with van der Waals surface area (Å²) in [6.45, 7) is 2.02. The number of halogens is 3. The Labute approximate surface area is 154 Å². The van der Waals surface area contributed by atoms with Gasteiger partial charge < -0.3 is 15.0 Å². The van der Waals surface area contributed by atoms with E-state index in [2.05, 4.69) is 5.32 Å². The van der Waals surface area contributed by atoms with Crippen molar-refractivity contribution in [1.82, 2.24) is 4.90 Å². The van der Waals surface area contributed by atoms with E-state index >= 15 is 0 Å². The second-order valence-corrected chi connectivity index (χ2v) is 5.62. The molecule has 0 unspecified atom stereocenters. The van der Waals surface area contributed by atoms with Crippen LogP contribution in [0.15, 0.2) is 42.5 Å². The summed E-state index contributed by atoms with van der Waals surface area (Å²) in [6.07, 6.45) is -0.0612. The third-order valence-electron chi connectivity index (χ3n) is 3.67. The third-order valence-corrected chi connectivity index (χ3v) is 3.67.